The molecule has 3 atom stereocenters. The Morgan fingerprint density at radius 1 is 1.41 bits per heavy atom. The molecule has 22 heavy (non-hydrogen) atoms. The SMILES string of the molecule is CN[C@@H](CN1CCC(C2=CCC(Cl)C=C2)C(C)(C)C1)C(C)C. The van der Waals surface area contributed by atoms with Gasteiger partial charge in [-0.15, -0.1) is 11.6 Å². The van der Waals surface area contributed by atoms with Crippen LogP contribution in [0.5, 0.6) is 0 Å². The van der Waals surface area contributed by atoms with Gasteiger partial charge in [-0.25, -0.2) is 0 Å². The highest BCUT2D eigenvalue weighted by Gasteiger charge is 2.38. The number of nitrogens with zero attached hydrogens (tertiary/aromatic N) is 1. The minimum atomic E-state index is 0.189. The molecule has 2 nitrogen and oxygen atoms in total. The second-order valence-corrected chi connectivity index (χ2v) is 8.58. The van der Waals surface area contributed by atoms with Crippen LogP contribution >= 0.6 is 11.6 Å². The zero-order chi connectivity index (χ0) is 16.3. The van der Waals surface area contributed by atoms with Crippen molar-refractivity contribution in [2.24, 2.45) is 17.3 Å². The molecule has 2 rings (SSSR count). The summed E-state index contributed by atoms with van der Waals surface area (Å²) in [6, 6.07) is 0.582. The summed E-state index contributed by atoms with van der Waals surface area (Å²) in [6.45, 7) is 13.0. The number of likely N-dealkylation sites (N-methyl/N-ethyl adjacent to an activating group) is 1. The first-order valence-electron chi connectivity index (χ1n) is 8.75. The van der Waals surface area contributed by atoms with Crippen molar-refractivity contribution in [1.82, 2.24) is 10.2 Å². The minimum Gasteiger partial charge on any atom is -0.315 e. The normalized spacial score (nSPS) is 30.4. The Labute approximate surface area is 142 Å². The smallest absolute Gasteiger partial charge is 0.0553 e. The quantitative estimate of drug-likeness (QED) is 0.767. The fraction of sp³-hybridized carbons (Fsp3) is 0.789. The summed E-state index contributed by atoms with van der Waals surface area (Å²) >= 11 is 6.17. The Morgan fingerprint density at radius 2 is 2.14 bits per heavy atom. The van der Waals surface area contributed by atoms with Crippen molar-refractivity contribution < 1.29 is 0 Å². The highest BCUT2D eigenvalue weighted by atomic mass is 35.5. The van der Waals surface area contributed by atoms with Gasteiger partial charge in [0.1, 0.15) is 0 Å². The topological polar surface area (TPSA) is 15.3 Å². The number of alkyl halides is 1. The fourth-order valence-electron chi connectivity index (χ4n) is 4.02. The predicted molar refractivity (Wildman–Crippen MR) is 97.5 cm³/mol. The lowest BCUT2D eigenvalue weighted by molar-refractivity contribution is 0.0641. The second-order valence-electron chi connectivity index (χ2n) is 8.02. The lowest BCUT2D eigenvalue weighted by atomic mass is 9.69. The number of nitrogens with one attached hydrogen (secondary N) is 1. The van der Waals surface area contributed by atoms with E-state index in [-0.39, 0.29) is 5.38 Å². The van der Waals surface area contributed by atoms with Crippen LogP contribution in [0.15, 0.2) is 23.8 Å². The molecule has 1 saturated heterocycles. The van der Waals surface area contributed by atoms with Crippen LogP contribution in [0.1, 0.15) is 40.5 Å². The summed E-state index contributed by atoms with van der Waals surface area (Å²) in [5, 5.41) is 3.67. The van der Waals surface area contributed by atoms with Gasteiger partial charge in [0.25, 0.3) is 0 Å². The molecule has 1 N–H and O–H groups in total. The maximum Gasteiger partial charge on any atom is 0.0553 e. The predicted octanol–water partition coefficient (Wildman–Crippen LogP) is 4.07. The van der Waals surface area contributed by atoms with E-state index >= 15 is 0 Å². The van der Waals surface area contributed by atoms with Crippen LogP contribution in [0.4, 0.5) is 0 Å². The van der Waals surface area contributed by atoms with Crippen LogP contribution in [0.3, 0.4) is 0 Å². The lowest BCUT2D eigenvalue weighted by Crippen LogP contribution is -2.51. The van der Waals surface area contributed by atoms with E-state index < -0.39 is 0 Å². The maximum absolute atomic E-state index is 6.17. The van der Waals surface area contributed by atoms with Crippen molar-refractivity contribution >= 4 is 11.6 Å². The van der Waals surface area contributed by atoms with Gasteiger partial charge in [0.15, 0.2) is 0 Å². The Bertz CT molecular complexity index is 425. The van der Waals surface area contributed by atoms with Crippen molar-refractivity contribution in [1.29, 1.82) is 0 Å². The summed E-state index contributed by atoms with van der Waals surface area (Å²) in [5.41, 5.74) is 1.83. The van der Waals surface area contributed by atoms with Crippen molar-refractivity contribution in [3.8, 4) is 0 Å². The van der Waals surface area contributed by atoms with Crippen LogP contribution in [0.25, 0.3) is 0 Å². The lowest BCUT2D eigenvalue weighted by Gasteiger charge is -2.46. The number of rotatable bonds is 5. The molecular formula is C19H33ClN2. The summed E-state index contributed by atoms with van der Waals surface area (Å²) in [6.07, 6.45) is 9.04. The average Bonchev–Trinajstić information content (AvgIpc) is 2.45. The highest BCUT2D eigenvalue weighted by Crippen LogP contribution is 2.41. The molecule has 0 aromatic heterocycles. The molecule has 0 saturated carbocycles. The first-order chi connectivity index (χ1) is 10.3. The van der Waals surface area contributed by atoms with Gasteiger partial charge in [-0.1, -0.05) is 45.9 Å². The first-order valence-corrected chi connectivity index (χ1v) is 9.19. The van der Waals surface area contributed by atoms with Crippen LogP contribution in [0, 0.1) is 17.3 Å². The van der Waals surface area contributed by atoms with Crippen LogP contribution in [-0.2, 0) is 0 Å². The molecule has 3 heteroatoms. The second kappa shape index (κ2) is 7.51. The Kier molecular flexibility index (Phi) is 6.15. The van der Waals surface area contributed by atoms with Crippen LogP contribution < -0.4 is 5.32 Å². The Balaban J connectivity index is 1.99. The van der Waals surface area contributed by atoms with Gasteiger partial charge in [-0.05, 0) is 49.3 Å². The van der Waals surface area contributed by atoms with Crippen molar-refractivity contribution in [2.45, 2.75) is 52.0 Å². The molecule has 1 heterocycles. The zero-order valence-electron chi connectivity index (χ0n) is 14.9. The van der Waals surface area contributed by atoms with Crippen molar-refractivity contribution in [3.63, 3.8) is 0 Å². The molecule has 1 aliphatic carbocycles. The molecule has 1 fully saturated rings. The number of hydrogen-bond donors (Lipinski definition) is 1. The Hall–Kier alpha value is -0.310. The molecule has 2 unspecified atom stereocenters. The molecule has 0 aromatic carbocycles. The third-order valence-electron chi connectivity index (χ3n) is 5.42. The standard InChI is InChI=1S/C19H33ClN2/c1-14(2)18(21-5)12-22-11-10-17(19(3,4)13-22)15-6-8-16(20)9-7-15/h6-8,14,16-18,21H,9-13H2,1-5H3/t16?,17?,18-/m0/s1. The van der Waals surface area contributed by atoms with E-state index in [0.717, 1.165) is 13.0 Å². The average molecular weight is 325 g/mol. The summed E-state index contributed by atoms with van der Waals surface area (Å²) in [5.74, 6) is 1.34. The number of likely N-dealkylation sites (tertiary alicyclic amines) is 1. The number of allylic oxidation sites excluding steroid dienone is 4. The molecular weight excluding hydrogens is 292 g/mol. The molecule has 0 radical (unpaired) electrons. The molecule has 0 aromatic rings. The molecule has 126 valence electrons. The molecule has 0 spiro atoms. The maximum atomic E-state index is 6.17. The van der Waals surface area contributed by atoms with Gasteiger partial charge >= 0.3 is 0 Å². The molecule has 0 bridgehead atoms. The highest BCUT2D eigenvalue weighted by molar-refractivity contribution is 6.22. The van der Waals surface area contributed by atoms with Gasteiger partial charge in [0.2, 0.25) is 0 Å². The fourth-order valence-corrected chi connectivity index (χ4v) is 4.19. The molecule has 1 aliphatic heterocycles. The van der Waals surface area contributed by atoms with E-state index in [0.29, 0.717) is 23.3 Å². The van der Waals surface area contributed by atoms with Gasteiger partial charge in [-0.2, -0.15) is 0 Å². The zero-order valence-corrected chi connectivity index (χ0v) is 15.7. The van der Waals surface area contributed by atoms with Gasteiger partial charge in [0.05, 0.1) is 5.38 Å². The van der Waals surface area contributed by atoms with E-state index in [1.54, 1.807) is 0 Å². The number of halogens is 1. The van der Waals surface area contributed by atoms with E-state index in [9.17, 15) is 0 Å². The van der Waals surface area contributed by atoms with Gasteiger partial charge in [-0.3, -0.25) is 0 Å². The number of hydrogen-bond acceptors (Lipinski definition) is 2. The summed E-state index contributed by atoms with van der Waals surface area (Å²) in [7, 11) is 2.09. The largest absolute Gasteiger partial charge is 0.315 e. The van der Waals surface area contributed by atoms with E-state index in [2.05, 4.69) is 63.2 Å². The van der Waals surface area contributed by atoms with Crippen LogP contribution in [0.2, 0.25) is 0 Å². The van der Waals surface area contributed by atoms with Crippen LogP contribution in [-0.4, -0.2) is 43.0 Å². The summed E-state index contributed by atoms with van der Waals surface area (Å²) < 4.78 is 0. The molecule has 2 aliphatic rings. The van der Waals surface area contributed by atoms with Gasteiger partial charge in [0, 0.05) is 19.1 Å². The molecule has 0 amide bonds. The Morgan fingerprint density at radius 3 is 2.64 bits per heavy atom. The monoisotopic (exact) mass is 324 g/mol. The third-order valence-corrected chi connectivity index (χ3v) is 5.74. The number of piperidine rings is 1. The first kappa shape index (κ1) is 18.0. The van der Waals surface area contributed by atoms with Gasteiger partial charge < -0.3 is 10.2 Å². The van der Waals surface area contributed by atoms with E-state index in [1.165, 1.54) is 25.1 Å². The van der Waals surface area contributed by atoms with Crippen molar-refractivity contribution in [3.05, 3.63) is 23.8 Å². The van der Waals surface area contributed by atoms with E-state index in [1.807, 2.05) is 0 Å². The third kappa shape index (κ3) is 4.37. The minimum absolute atomic E-state index is 0.189. The summed E-state index contributed by atoms with van der Waals surface area (Å²) in [4.78, 5) is 2.65. The van der Waals surface area contributed by atoms with E-state index in [4.69, 9.17) is 11.6 Å². The van der Waals surface area contributed by atoms with Crippen molar-refractivity contribution in [2.75, 3.05) is 26.7 Å².